The lowest BCUT2D eigenvalue weighted by Crippen LogP contribution is -2.29. The molecule has 0 aliphatic carbocycles. The Morgan fingerprint density at radius 3 is 2.70 bits per heavy atom. The second-order valence-electron chi connectivity index (χ2n) is 7.57. The number of aryl methyl sites for hydroxylation is 2. The third kappa shape index (κ3) is 6.07. The third-order valence-electron chi connectivity index (χ3n) is 4.91. The second kappa shape index (κ2) is 10.9. The van der Waals surface area contributed by atoms with Crippen molar-refractivity contribution in [3.63, 3.8) is 0 Å². The van der Waals surface area contributed by atoms with E-state index in [0.717, 1.165) is 16.8 Å². The molecular formula is C24H26FN5O2S. The summed E-state index contributed by atoms with van der Waals surface area (Å²) in [4.78, 5) is 25.0. The molecule has 2 amide bonds. The van der Waals surface area contributed by atoms with Crippen molar-refractivity contribution >= 4 is 29.3 Å². The number of aromatic nitrogens is 3. The predicted octanol–water partition coefficient (Wildman–Crippen LogP) is 4.44. The van der Waals surface area contributed by atoms with Crippen LogP contribution in [0.4, 0.5) is 10.1 Å². The zero-order valence-corrected chi connectivity index (χ0v) is 19.6. The topological polar surface area (TPSA) is 88.9 Å². The number of allylic oxidation sites excluding steroid dienone is 1. The molecule has 0 fully saturated rings. The van der Waals surface area contributed by atoms with Crippen LogP contribution in [-0.2, 0) is 11.3 Å². The van der Waals surface area contributed by atoms with Gasteiger partial charge >= 0.3 is 0 Å². The lowest BCUT2D eigenvalue weighted by atomic mass is 10.1. The predicted molar refractivity (Wildman–Crippen MR) is 128 cm³/mol. The molecule has 0 unspecified atom stereocenters. The first-order valence-electron chi connectivity index (χ1n) is 10.4. The smallest absolute Gasteiger partial charge is 0.254 e. The number of nitrogens with one attached hydrogen (secondary N) is 2. The summed E-state index contributed by atoms with van der Waals surface area (Å²) >= 11 is 1.24. The molecule has 7 nitrogen and oxygen atoms in total. The summed E-state index contributed by atoms with van der Waals surface area (Å²) in [6, 6.07) is 11.1. The van der Waals surface area contributed by atoms with E-state index in [9.17, 15) is 14.0 Å². The fraction of sp³-hybridized carbons (Fsp3) is 0.250. The summed E-state index contributed by atoms with van der Waals surface area (Å²) in [5, 5.41) is 14.6. The highest BCUT2D eigenvalue weighted by atomic mass is 32.2. The van der Waals surface area contributed by atoms with Gasteiger partial charge in [0.25, 0.3) is 5.91 Å². The van der Waals surface area contributed by atoms with Crippen LogP contribution < -0.4 is 10.6 Å². The fourth-order valence-corrected chi connectivity index (χ4v) is 3.95. The fourth-order valence-electron chi connectivity index (χ4n) is 3.20. The van der Waals surface area contributed by atoms with Crippen LogP contribution in [0.5, 0.6) is 0 Å². The molecule has 2 N–H and O–H groups in total. The van der Waals surface area contributed by atoms with Gasteiger partial charge in [-0.2, -0.15) is 0 Å². The largest absolute Gasteiger partial charge is 0.342 e. The van der Waals surface area contributed by atoms with E-state index in [2.05, 4.69) is 27.4 Å². The number of thioether (sulfide) groups is 1. The van der Waals surface area contributed by atoms with Gasteiger partial charge in [0.15, 0.2) is 11.0 Å². The highest BCUT2D eigenvalue weighted by Gasteiger charge is 2.21. The Balaban J connectivity index is 1.69. The van der Waals surface area contributed by atoms with E-state index in [0.29, 0.717) is 17.5 Å². The Labute approximate surface area is 196 Å². The van der Waals surface area contributed by atoms with Gasteiger partial charge in [-0.1, -0.05) is 42.1 Å². The third-order valence-corrected chi connectivity index (χ3v) is 5.88. The zero-order valence-electron chi connectivity index (χ0n) is 18.8. The lowest BCUT2D eigenvalue weighted by molar-refractivity contribution is -0.113. The minimum atomic E-state index is -0.596. The van der Waals surface area contributed by atoms with E-state index in [1.54, 1.807) is 23.6 Å². The van der Waals surface area contributed by atoms with E-state index >= 15 is 0 Å². The minimum absolute atomic E-state index is 0.0446. The number of carbonyl (C=O) groups excluding carboxylic acids is 2. The molecule has 0 saturated heterocycles. The highest BCUT2D eigenvalue weighted by molar-refractivity contribution is 7.99. The second-order valence-corrected chi connectivity index (χ2v) is 8.51. The van der Waals surface area contributed by atoms with Crippen molar-refractivity contribution in [2.24, 2.45) is 0 Å². The van der Waals surface area contributed by atoms with Gasteiger partial charge in [0.2, 0.25) is 5.91 Å². The molecule has 2 aromatic carbocycles. The first kappa shape index (κ1) is 24.2. The lowest BCUT2D eigenvalue weighted by Gasteiger charge is -2.15. The van der Waals surface area contributed by atoms with Crippen molar-refractivity contribution in [3.05, 3.63) is 83.5 Å². The summed E-state index contributed by atoms with van der Waals surface area (Å²) < 4.78 is 15.7. The van der Waals surface area contributed by atoms with Crippen molar-refractivity contribution < 1.29 is 14.0 Å². The highest BCUT2D eigenvalue weighted by Crippen LogP contribution is 2.22. The Morgan fingerprint density at radius 2 is 1.97 bits per heavy atom. The number of nitrogens with zero attached hydrogens (tertiary/aromatic N) is 3. The molecule has 1 heterocycles. The number of hydrogen-bond donors (Lipinski definition) is 2. The molecule has 0 bridgehead atoms. The molecule has 0 saturated carbocycles. The molecule has 3 aromatic rings. The van der Waals surface area contributed by atoms with E-state index in [1.165, 1.54) is 30.0 Å². The number of carbonyl (C=O) groups is 2. The van der Waals surface area contributed by atoms with Gasteiger partial charge in [-0.05, 0) is 50.1 Å². The van der Waals surface area contributed by atoms with Crippen LogP contribution in [-0.4, -0.2) is 32.3 Å². The molecule has 9 heteroatoms. The SMILES string of the molecule is C=CCn1c(SCC(=O)Nc2cc(C)ccc2C)nnc1[C@H](C)NC(=O)c1ccccc1F. The number of hydrogen-bond acceptors (Lipinski definition) is 5. The molecule has 172 valence electrons. The number of amides is 2. The van der Waals surface area contributed by atoms with Crippen molar-refractivity contribution in [1.29, 1.82) is 0 Å². The van der Waals surface area contributed by atoms with Crippen molar-refractivity contribution in [3.8, 4) is 0 Å². The molecule has 0 aliphatic rings. The standard InChI is InChI=1S/C24H26FN5O2S/c1-5-12-30-22(17(4)26-23(32)18-8-6-7-9-19(18)25)28-29-24(30)33-14-21(31)27-20-13-15(2)10-11-16(20)3/h5-11,13,17H,1,12,14H2,2-4H3,(H,26,32)(H,27,31)/t17-/m0/s1. The maximum absolute atomic E-state index is 13.9. The van der Waals surface area contributed by atoms with Crippen LogP contribution in [0.15, 0.2) is 60.3 Å². The van der Waals surface area contributed by atoms with E-state index in [1.807, 2.05) is 32.0 Å². The molecule has 3 rings (SSSR count). The maximum atomic E-state index is 13.9. The van der Waals surface area contributed by atoms with Gasteiger partial charge < -0.3 is 15.2 Å². The van der Waals surface area contributed by atoms with E-state index in [4.69, 9.17) is 0 Å². The average molecular weight is 468 g/mol. The Hall–Kier alpha value is -3.46. The van der Waals surface area contributed by atoms with Gasteiger partial charge in [0.05, 0.1) is 17.4 Å². The van der Waals surface area contributed by atoms with Gasteiger partial charge in [-0.3, -0.25) is 9.59 Å². The Kier molecular flexibility index (Phi) is 8.00. The summed E-state index contributed by atoms with van der Waals surface area (Å²) in [5.74, 6) is -0.684. The first-order valence-corrected chi connectivity index (χ1v) is 11.4. The molecule has 1 aromatic heterocycles. The van der Waals surface area contributed by atoms with E-state index in [-0.39, 0.29) is 17.2 Å². The molecule has 0 aliphatic heterocycles. The van der Waals surface area contributed by atoms with Crippen LogP contribution in [0.1, 0.15) is 40.3 Å². The van der Waals surface area contributed by atoms with Crippen molar-refractivity contribution in [1.82, 2.24) is 20.1 Å². The quantitative estimate of drug-likeness (QED) is 0.359. The first-order chi connectivity index (χ1) is 15.8. The normalized spacial score (nSPS) is 11.6. The molecule has 33 heavy (non-hydrogen) atoms. The maximum Gasteiger partial charge on any atom is 0.254 e. The van der Waals surface area contributed by atoms with Gasteiger partial charge in [0, 0.05) is 12.2 Å². The molecule has 0 radical (unpaired) electrons. The summed E-state index contributed by atoms with van der Waals surface area (Å²) in [7, 11) is 0. The average Bonchev–Trinajstić information content (AvgIpc) is 3.18. The van der Waals surface area contributed by atoms with Gasteiger partial charge in [-0.25, -0.2) is 4.39 Å². The van der Waals surface area contributed by atoms with Gasteiger partial charge in [-0.15, -0.1) is 16.8 Å². The van der Waals surface area contributed by atoms with Crippen molar-refractivity contribution in [2.75, 3.05) is 11.1 Å². The molecule has 1 atom stereocenters. The van der Waals surface area contributed by atoms with Crippen LogP contribution in [0, 0.1) is 19.7 Å². The summed E-state index contributed by atoms with van der Waals surface area (Å²) in [6.45, 7) is 9.80. The molecular weight excluding hydrogens is 441 g/mol. The van der Waals surface area contributed by atoms with Gasteiger partial charge in [0.1, 0.15) is 5.82 Å². The van der Waals surface area contributed by atoms with Crippen LogP contribution in [0.3, 0.4) is 0 Å². The Morgan fingerprint density at radius 1 is 1.21 bits per heavy atom. The number of benzene rings is 2. The van der Waals surface area contributed by atoms with Crippen molar-refractivity contribution in [2.45, 2.75) is 38.5 Å². The monoisotopic (exact) mass is 467 g/mol. The zero-order chi connectivity index (χ0) is 24.0. The number of rotatable bonds is 9. The number of anilines is 1. The summed E-state index contributed by atoms with van der Waals surface area (Å²) in [5.41, 5.74) is 2.77. The van der Waals surface area contributed by atoms with Crippen LogP contribution in [0.25, 0.3) is 0 Å². The van der Waals surface area contributed by atoms with Crippen LogP contribution in [0.2, 0.25) is 0 Å². The van der Waals surface area contributed by atoms with Crippen LogP contribution >= 0.6 is 11.8 Å². The summed E-state index contributed by atoms with van der Waals surface area (Å²) in [6.07, 6.45) is 1.68. The molecule has 0 spiro atoms. The number of halogens is 1. The van der Waals surface area contributed by atoms with E-state index < -0.39 is 17.8 Å². The minimum Gasteiger partial charge on any atom is -0.342 e. The Bertz CT molecular complexity index is 1180.